The number of hydrogen-bond donors (Lipinski definition) is 0. The van der Waals surface area contributed by atoms with E-state index in [1.54, 1.807) is 6.07 Å². The topological polar surface area (TPSA) is 61.2 Å². The van der Waals surface area contributed by atoms with Crippen molar-refractivity contribution in [1.82, 2.24) is 4.31 Å². The third-order valence-electron chi connectivity index (χ3n) is 3.72. The van der Waals surface area contributed by atoms with Crippen molar-refractivity contribution in [2.45, 2.75) is 43.5 Å². The predicted octanol–water partition coefficient (Wildman–Crippen LogP) is 2.65. The molecule has 0 aliphatic carbocycles. The molecular formula is C14H17FN2O2S. The summed E-state index contributed by atoms with van der Waals surface area (Å²) in [4.78, 5) is -0.222. The van der Waals surface area contributed by atoms with Crippen LogP contribution in [0.15, 0.2) is 23.1 Å². The van der Waals surface area contributed by atoms with E-state index >= 15 is 0 Å². The molecule has 0 bridgehead atoms. The molecule has 1 fully saturated rings. The lowest BCUT2D eigenvalue weighted by Crippen LogP contribution is -2.43. The number of nitrogens with zero attached hydrogens (tertiary/aromatic N) is 2. The molecule has 0 radical (unpaired) electrons. The molecule has 1 saturated heterocycles. The molecule has 1 aliphatic rings. The average molecular weight is 296 g/mol. The molecule has 1 aromatic rings. The smallest absolute Gasteiger partial charge is 0.207 e. The lowest BCUT2D eigenvalue weighted by atomic mass is 10.0. The van der Waals surface area contributed by atoms with Crippen LogP contribution in [-0.2, 0) is 10.0 Å². The van der Waals surface area contributed by atoms with E-state index in [2.05, 4.69) is 0 Å². The van der Waals surface area contributed by atoms with Gasteiger partial charge in [0.15, 0.2) is 0 Å². The lowest BCUT2D eigenvalue weighted by Gasteiger charge is -2.34. The van der Waals surface area contributed by atoms with Crippen LogP contribution in [0.5, 0.6) is 0 Å². The summed E-state index contributed by atoms with van der Waals surface area (Å²) in [6.07, 6.45) is 3.33. The summed E-state index contributed by atoms with van der Waals surface area (Å²) in [7, 11) is -3.82. The highest BCUT2D eigenvalue weighted by Crippen LogP contribution is 2.29. The molecule has 108 valence electrons. The van der Waals surface area contributed by atoms with E-state index in [1.165, 1.54) is 16.4 Å². The highest BCUT2D eigenvalue weighted by molar-refractivity contribution is 7.89. The van der Waals surface area contributed by atoms with E-state index in [-0.39, 0.29) is 10.9 Å². The maximum atomic E-state index is 13.6. The normalized spacial score (nSPS) is 20.6. The second kappa shape index (κ2) is 5.90. The maximum absolute atomic E-state index is 13.6. The number of piperidine rings is 1. The fourth-order valence-corrected chi connectivity index (χ4v) is 4.57. The minimum Gasteiger partial charge on any atom is -0.207 e. The highest BCUT2D eigenvalue weighted by atomic mass is 32.2. The molecule has 6 heteroatoms. The molecule has 1 atom stereocenters. The van der Waals surface area contributed by atoms with E-state index in [0.29, 0.717) is 6.54 Å². The van der Waals surface area contributed by atoms with Gasteiger partial charge in [-0.3, -0.25) is 0 Å². The number of halogens is 1. The number of rotatable bonds is 3. The molecule has 0 spiro atoms. The Hall–Kier alpha value is -1.45. The number of sulfonamides is 1. The zero-order valence-electron chi connectivity index (χ0n) is 11.3. The van der Waals surface area contributed by atoms with Gasteiger partial charge < -0.3 is 0 Å². The van der Waals surface area contributed by atoms with Crippen molar-refractivity contribution in [2.75, 3.05) is 6.54 Å². The van der Waals surface area contributed by atoms with Crippen LogP contribution < -0.4 is 0 Å². The quantitative estimate of drug-likeness (QED) is 0.861. The molecule has 4 nitrogen and oxygen atoms in total. The molecule has 1 heterocycles. The average Bonchev–Trinajstić information content (AvgIpc) is 2.46. The van der Waals surface area contributed by atoms with Crippen LogP contribution in [0.1, 0.15) is 38.2 Å². The summed E-state index contributed by atoms with van der Waals surface area (Å²) in [5, 5.41) is 9.01. The van der Waals surface area contributed by atoms with Crippen molar-refractivity contribution >= 4 is 10.0 Å². The van der Waals surface area contributed by atoms with Crippen LogP contribution in [0.25, 0.3) is 0 Å². The van der Waals surface area contributed by atoms with Crippen LogP contribution in [-0.4, -0.2) is 25.3 Å². The van der Waals surface area contributed by atoms with E-state index in [0.717, 1.165) is 31.7 Å². The Labute approximate surface area is 118 Å². The molecule has 20 heavy (non-hydrogen) atoms. The van der Waals surface area contributed by atoms with E-state index in [9.17, 15) is 12.8 Å². The van der Waals surface area contributed by atoms with Crippen molar-refractivity contribution in [3.8, 4) is 6.07 Å². The Morgan fingerprint density at radius 3 is 2.85 bits per heavy atom. The predicted molar refractivity (Wildman–Crippen MR) is 72.9 cm³/mol. The zero-order chi connectivity index (χ0) is 14.8. The van der Waals surface area contributed by atoms with Crippen molar-refractivity contribution in [1.29, 1.82) is 5.26 Å². The van der Waals surface area contributed by atoms with E-state index < -0.39 is 21.4 Å². The van der Waals surface area contributed by atoms with E-state index in [4.69, 9.17) is 5.26 Å². The van der Waals surface area contributed by atoms with Gasteiger partial charge in [0.1, 0.15) is 22.3 Å². The van der Waals surface area contributed by atoms with Gasteiger partial charge >= 0.3 is 0 Å². The van der Waals surface area contributed by atoms with Crippen molar-refractivity contribution in [3.05, 3.63) is 29.6 Å². The molecule has 0 amide bonds. The fraction of sp³-hybridized carbons (Fsp3) is 0.500. The molecular weight excluding hydrogens is 279 g/mol. The van der Waals surface area contributed by atoms with Gasteiger partial charge in [-0.25, -0.2) is 12.8 Å². The first kappa shape index (κ1) is 14.9. The first-order chi connectivity index (χ1) is 9.52. The Kier molecular flexibility index (Phi) is 4.41. The molecule has 2 rings (SSSR count). The third-order valence-corrected chi connectivity index (χ3v) is 5.71. The Balaban J connectivity index is 2.50. The van der Waals surface area contributed by atoms with Crippen molar-refractivity contribution < 1.29 is 12.8 Å². The zero-order valence-corrected chi connectivity index (χ0v) is 12.2. The second-order valence-corrected chi connectivity index (χ2v) is 6.76. The van der Waals surface area contributed by atoms with Crippen LogP contribution in [0.2, 0.25) is 0 Å². The summed E-state index contributed by atoms with van der Waals surface area (Å²) in [5.41, 5.74) is -0.395. The Morgan fingerprint density at radius 1 is 1.45 bits per heavy atom. The van der Waals surface area contributed by atoms with Gasteiger partial charge in [0.05, 0.1) is 0 Å². The summed E-state index contributed by atoms with van der Waals surface area (Å²) in [5.74, 6) is -0.793. The van der Waals surface area contributed by atoms with Crippen LogP contribution in [0, 0.1) is 17.1 Å². The summed E-state index contributed by atoms with van der Waals surface area (Å²) >= 11 is 0. The number of hydrogen-bond acceptors (Lipinski definition) is 3. The van der Waals surface area contributed by atoms with Gasteiger partial charge in [-0.05, 0) is 31.4 Å². The molecule has 1 unspecified atom stereocenters. The molecule has 0 N–H and O–H groups in total. The number of nitriles is 1. The number of benzene rings is 1. The highest BCUT2D eigenvalue weighted by Gasteiger charge is 2.34. The first-order valence-electron chi connectivity index (χ1n) is 6.72. The fourth-order valence-electron chi connectivity index (χ4n) is 2.65. The lowest BCUT2D eigenvalue weighted by molar-refractivity contribution is 0.246. The second-order valence-electron chi connectivity index (χ2n) is 4.90. The summed E-state index contributed by atoms with van der Waals surface area (Å²) in [6.45, 7) is 2.37. The van der Waals surface area contributed by atoms with Gasteiger partial charge in [0.2, 0.25) is 10.0 Å². The molecule has 0 aromatic heterocycles. The van der Waals surface area contributed by atoms with Crippen LogP contribution in [0.4, 0.5) is 4.39 Å². The minimum absolute atomic E-state index is 0.0661. The van der Waals surface area contributed by atoms with Gasteiger partial charge in [0.25, 0.3) is 0 Å². The first-order valence-corrected chi connectivity index (χ1v) is 8.16. The molecule has 1 aliphatic heterocycles. The largest absolute Gasteiger partial charge is 0.244 e. The molecule has 1 aromatic carbocycles. The van der Waals surface area contributed by atoms with Gasteiger partial charge in [0, 0.05) is 12.6 Å². The van der Waals surface area contributed by atoms with Crippen molar-refractivity contribution in [3.63, 3.8) is 0 Å². The SMILES string of the molecule is CCC1CCCCN1S(=O)(=O)c1cccc(F)c1C#N. The van der Waals surface area contributed by atoms with Crippen molar-refractivity contribution in [2.24, 2.45) is 0 Å². The Bertz CT molecular complexity index is 637. The maximum Gasteiger partial charge on any atom is 0.244 e. The van der Waals surface area contributed by atoms with Crippen LogP contribution in [0.3, 0.4) is 0 Å². The van der Waals surface area contributed by atoms with Gasteiger partial charge in [-0.1, -0.05) is 19.4 Å². The Morgan fingerprint density at radius 2 is 2.20 bits per heavy atom. The summed E-state index contributed by atoms with van der Waals surface area (Å²) in [6, 6.07) is 5.33. The third kappa shape index (κ3) is 2.56. The van der Waals surface area contributed by atoms with Crippen LogP contribution >= 0.6 is 0 Å². The van der Waals surface area contributed by atoms with Gasteiger partial charge in [-0.15, -0.1) is 0 Å². The summed E-state index contributed by atoms with van der Waals surface area (Å²) < 4.78 is 40.4. The monoisotopic (exact) mass is 296 g/mol. The molecule has 0 saturated carbocycles. The van der Waals surface area contributed by atoms with E-state index in [1.807, 2.05) is 6.92 Å². The van der Waals surface area contributed by atoms with Gasteiger partial charge in [-0.2, -0.15) is 9.57 Å². The standard InChI is InChI=1S/C14H17FN2O2S/c1-2-11-6-3-4-9-17(11)20(18,19)14-8-5-7-13(15)12(14)10-16/h5,7-8,11H,2-4,6,9H2,1H3. The minimum atomic E-state index is -3.82.